The third kappa shape index (κ3) is 2.62. The maximum absolute atomic E-state index is 12.9. The summed E-state index contributed by atoms with van der Waals surface area (Å²) < 4.78 is 0. The zero-order valence-corrected chi connectivity index (χ0v) is 13.8. The van der Waals surface area contributed by atoms with Gasteiger partial charge in [0, 0.05) is 0 Å². The Balaban J connectivity index is 2.58. The molecule has 1 aliphatic rings. The molecule has 21 heavy (non-hydrogen) atoms. The van der Waals surface area contributed by atoms with Crippen molar-refractivity contribution in [2.45, 2.75) is 45.2 Å². The van der Waals surface area contributed by atoms with E-state index in [0.29, 0.717) is 28.6 Å². The van der Waals surface area contributed by atoms with E-state index < -0.39 is 11.6 Å². The van der Waals surface area contributed by atoms with Gasteiger partial charge in [0.15, 0.2) is 0 Å². The number of halogens is 2. The minimum Gasteiger partial charge on any atom is -0.340 e. The molecule has 0 aliphatic carbocycles. The van der Waals surface area contributed by atoms with Crippen LogP contribution in [0.3, 0.4) is 0 Å². The van der Waals surface area contributed by atoms with Crippen molar-refractivity contribution in [3.05, 3.63) is 28.2 Å². The zero-order valence-electron chi connectivity index (χ0n) is 12.2. The molecule has 1 saturated heterocycles. The Morgan fingerprint density at radius 2 is 1.95 bits per heavy atom. The van der Waals surface area contributed by atoms with Gasteiger partial charge in [-0.1, -0.05) is 43.1 Å². The number of benzene rings is 1. The quantitative estimate of drug-likeness (QED) is 0.924. The van der Waals surface area contributed by atoms with Crippen LogP contribution in [0, 0.1) is 0 Å². The summed E-state index contributed by atoms with van der Waals surface area (Å²) in [6, 6.07) is 4.51. The Morgan fingerprint density at radius 3 is 2.52 bits per heavy atom. The van der Waals surface area contributed by atoms with E-state index in [4.69, 9.17) is 23.2 Å². The Hall–Kier alpha value is -1.26. The van der Waals surface area contributed by atoms with Crippen LogP contribution in [0.25, 0.3) is 0 Å². The Bertz CT molecular complexity index is 591. The second-order valence-corrected chi connectivity index (χ2v) is 6.13. The summed E-state index contributed by atoms with van der Waals surface area (Å²) in [6.07, 6.45) is 1.00. The van der Waals surface area contributed by atoms with Gasteiger partial charge in [-0.05, 0) is 31.9 Å². The molecule has 4 nitrogen and oxygen atoms in total. The van der Waals surface area contributed by atoms with Crippen molar-refractivity contribution >= 4 is 40.7 Å². The van der Waals surface area contributed by atoms with Gasteiger partial charge in [0.2, 0.25) is 5.91 Å². The molecule has 0 aromatic heterocycles. The highest BCUT2D eigenvalue weighted by Crippen LogP contribution is 2.37. The Labute approximate surface area is 134 Å². The van der Waals surface area contributed by atoms with E-state index in [0.717, 1.165) is 0 Å². The minimum atomic E-state index is -0.922. The summed E-state index contributed by atoms with van der Waals surface area (Å²) >= 11 is 12.3. The standard InChI is InChI=1S/C15H18Cl2N2O2/c1-4-10-13(20)18-15(3,5-2)14(21)19(10)11-8-6-7-9(16)12(11)17/h6-8,10H,4-5H2,1-3H3,(H,18,20). The number of carbonyl (C=O) groups is 2. The van der Waals surface area contributed by atoms with Crippen molar-refractivity contribution < 1.29 is 9.59 Å². The average molecular weight is 329 g/mol. The van der Waals surface area contributed by atoms with Crippen molar-refractivity contribution in [3.63, 3.8) is 0 Å². The van der Waals surface area contributed by atoms with E-state index in [-0.39, 0.29) is 11.8 Å². The largest absolute Gasteiger partial charge is 0.340 e. The summed E-state index contributed by atoms with van der Waals surface area (Å²) in [5, 5.41) is 3.47. The number of hydrogen-bond acceptors (Lipinski definition) is 2. The minimum absolute atomic E-state index is 0.166. The number of amides is 2. The normalized spacial score (nSPS) is 26.0. The van der Waals surface area contributed by atoms with E-state index in [1.54, 1.807) is 25.1 Å². The lowest BCUT2D eigenvalue weighted by Gasteiger charge is -2.44. The molecular formula is C15H18Cl2N2O2. The lowest BCUT2D eigenvalue weighted by molar-refractivity contribution is -0.138. The molecule has 0 bridgehead atoms. The number of anilines is 1. The van der Waals surface area contributed by atoms with E-state index in [1.165, 1.54) is 4.90 Å². The first-order valence-corrected chi connectivity index (χ1v) is 7.71. The topological polar surface area (TPSA) is 49.4 Å². The summed E-state index contributed by atoms with van der Waals surface area (Å²) in [4.78, 5) is 26.7. The lowest BCUT2D eigenvalue weighted by Crippen LogP contribution is -2.69. The molecule has 1 aromatic rings. The molecule has 1 heterocycles. The molecule has 0 radical (unpaired) electrons. The van der Waals surface area contributed by atoms with Crippen molar-refractivity contribution in [1.82, 2.24) is 5.32 Å². The van der Waals surface area contributed by atoms with Crippen LogP contribution in [-0.2, 0) is 9.59 Å². The van der Waals surface area contributed by atoms with Crippen LogP contribution >= 0.6 is 23.2 Å². The monoisotopic (exact) mass is 328 g/mol. The summed E-state index contributed by atoms with van der Waals surface area (Å²) in [5.41, 5.74) is -0.440. The highest BCUT2D eigenvalue weighted by atomic mass is 35.5. The maximum Gasteiger partial charge on any atom is 0.253 e. The molecule has 2 amide bonds. The molecule has 1 aliphatic heterocycles. The van der Waals surface area contributed by atoms with Gasteiger partial charge in [0.25, 0.3) is 5.91 Å². The molecular weight excluding hydrogens is 311 g/mol. The van der Waals surface area contributed by atoms with Crippen LogP contribution in [0.5, 0.6) is 0 Å². The van der Waals surface area contributed by atoms with Crippen LogP contribution in [0.2, 0.25) is 10.0 Å². The first kappa shape index (κ1) is 16.1. The van der Waals surface area contributed by atoms with Crippen LogP contribution in [0.1, 0.15) is 33.6 Å². The predicted octanol–water partition coefficient (Wildman–Crippen LogP) is 3.40. The number of nitrogens with one attached hydrogen (secondary N) is 1. The number of carbonyl (C=O) groups excluding carboxylic acids is 2. The molecule has 1 aromatic carbocycles. The number of nitrogens with zero attached hydrogens (tertiary/aromatic N) is 1. The fraction of sp³-hybridized carbons (Fsp3) is 0.467. The molecule has 0 saturated carbocycles. The Morgan fingerprint density at radius 1 is 1.29 bits per heavy atom. The number of hydrogen-bond donors (Lipinski definition) is 1. The van der Waals surface area contributed by atoms with Gasteiger partial charge < -0.3 is 5.32 Å². The zero-order chi connectivity index (χ0) is 15.8. The number of rotatable bonds is 3. The van der Waals surface area contributed by atoms with Crippen LogP contribution in [-0.4, -0.2) is 23.4 Å². The van der Waals surface area contributed by atoms with Gasteiger partial charge >= 0.3 is 0 Å². The van der Waals surface area contributed by atoms with E-state index in [9.17, 15) is 9.59 Å². The average Bonchev–Trinajstić information content (AvgIpc) is 2.46. The summed E-state index contributed by atoms with van der Waals surface area (Å²) in [7, 11) is 0. The molecule has 2 unspecified atom stereocenters. The Kier molecular flexibility index (Phi) is 4.49. The van der Waals surface area contributed by atoms with Crippen molar-refractivity contribution in [2.75, 3.05) is 4.90 Å². The van der Waals surface area contributed by atoms with Crippen LogP contribution < -0.4 is 10.2 Å². The molecule has 0 spiro atoms. The maximum atomic E-state index is 12.9. The summed E-state index contributed by atoms with van der Waals surface area (Å²) in [5.74, 6) is -0.335. The lowest BCUT2D eigenvalue weighted by atomic mass is 9.90. The highest BCUT2D eigenvalue weighted by molar-refractivity contribution is 6.44. The van der Waals surface area contributed by atoms with Crippen LogP contribution in [0.4, 0.5) is 5.69 Å². The fourth-order valence-corrected chi connectivity index (χ4v) is 2.88. The van der Waals surface area contributed by atoms with Gasteiger partial charge in [-0.3, -0.25) is 14.5 Å². The molecule has 2 rings (SSSR count). The predicted molar refractivity (Wildman–Crippen MR) is 84.9 cm³/mol. The first-order chi connectivity index (χ1) is 9.85. The van der Waals surface area contributed by atoms with Crippen molar-refractivity contribution in [3.8, 4) is 0 Å². The number of piperazine rings is 1. The smallest absolute Gasteiger partial charge is 0.253 e. The van der Waals surface area contributed by atoms with E-state index in [1.807, 2.05) is 13.8 Å². The first-order valence-electron chi connectivity index (χ1n) is 6.95. The van der Waals surface area contributed by atoms with Gasteiger partial charge in [0.05, 0.1) is 15.7 Å². The molecule has 1 fully saturated rings. The van der Waals surface area contributed by atoms with Gasteiger partial charge in [-0.25, -0.2) is 0 Å². The van der Waals surface area contributed by atoms with Gasteiger partial charge in [-0.2, -0.15) is 0 Å². The van der Waals surface area contributed by atoms with Gasteiger partial charge in [0.1, 0.15) is 11.6 Å². The molecule has 1 N–H and O–H groups in total. The second-order valence-electron chi connectivity index (χ2n) is 5.35. The SMILES string of the molecule is CCC1C(=O)NC(C)(CC)C(=O)N1c1cccc(Cl)c1Cl. The highest BCUT2D eigenvalue weighted by Gasteiger charge is 2.47. The van der Waals surface area contributed by atoms with E-state index in [2.05, 4.69) is 5.32 Å². The second kappa shape index (κ2) is 5.85. The van der Waals surface area contributed by atoms with Gasteiger partial charge in [-0.15, -0.1) is 0 Å². The summed E-state index contributed by atoms with van der Waals surface area (Å²) in [6.45, 7) is 5.45. The third-order valence-corrected chi connectivity index (χ3v) is 4.80. The van der Waals surface area contributed by atoms with E-state index >= 15 is 0 Å². The van der Waals surface area contributed by atoms with Crippen molar-refractivity contribution in [2.24, 2.45) is 0 Å². The van der Waals surface area contributed by atoms with Crippen LogP contribution in [0.15, 0.2) is 18.2 Å². The third-order valence-electron chi connectivity index (χ3n) is 3.99. The fourth-order valence-electron chi connectivity index (χ4n) is 2.50. The molecule has 2 atom stereocenters. The van der Waals surface area contributed by atoms with Crippen molar-refractivity contribution in [1.29, 1.82) is 0 Å². The molecule has 114 valence electrons. The molecule has 6 heteroatoms.